The molecule has 106 valence electrons. The Kier molecular flexibility index (Phi) is 4.32. The maximum atomic E-state index is 5.85. The molecule has 1 atom stereocenters. The van der Waals surface area contributed by atoms with Gasteiger partial charge in [-0.3, -0.25) is 0 Å². The highest BCUT2D eigenvalue weighted by Gasteiger charge is 2.18. The molecule has 0 saturated heterocycles. The summed E-state index contributed by atoms with van der Waals surface area (Å²) in [5, 5.41) is 3.28. The van der Waals surface area contributed by atoms with Crippen molar-refractivity contribution >= 4 is 0 Å². The van der Waals surface area contributed by atoms with Gasteiger partial charge in [0.1, 0.15) is 13.2 Å². The molecule has 1 aromatic rings. The molecule has 1 unspecified atom stereocenters. The van der Waals surface area contributed by atoms with E-state index in [1.807, 2.05) is 19.2 Å². The molecule has 1 N–H and O–H groups in total. The lowest BCUT2D eigenvalue weighted by Gasteiger charge is -2.25. The molecule has 0 amide bonds. The Morgan fingerprint density at radius 1 is 1.21 bits per heavy atom. The third-order valence-corrected chi connectivity index (χ3v) is 3.00. The number of hydrogen-bond acceptors (Lipinski definition) is 4. The molecule has 1 aliphatic rings. The van der Waals surface area contributed by atoms with Crippen LogP contribution in [0.15, 0.2) is 18.2 Å². The quantitative estimate of drug-likeness (QED) is 0.908. The van der Waals surface area contributed by atoms with Crippen LogP contribution in [0.2, 0.25) is 0 Å². The summed E-state index contributed by atoms with van der Waals surface area (Å²) in [6.07, 6.45) is 0. The first-order chi connectivity index (χ1) is 8.99. The van der Waals surface area contributed by atoms with E-state index in [1.54, 1.807) is 0 Å². The highest BCUT2D eigenvalue weighted by molar-refractivity contribution is 5.44. The summed E-state index contributed by atoms with van der Waals surface area (Å²) in [6.45, 7) is 8.03. The van der Waals surface area contributed by atoms with Crippen molar-refractivity contribution in [1.29, 1.82) is 0 Å². The van der Waals surface area contributed by atoms with Gasteiger partial charge in [-0.25, -0.2) is 0 Å². The Hall–Kier alpha value is -1.26. The van der Waals surface area contributed by atoms with Crippen LogP contribution in [0.5, 0.6) is 11.5 Å². The van der Waals surface area contributed by atoms with Crippen molar-refractivity contribution in [3.63, 3.8) is 0 Å². The summed E-state index contributed by atoms with van der Waals surface area (Å²) >= 11 is 0. The van der Waals surface area contributed by atoms with Gasteiger partial charge in [-0.15, -0.1) is 0 Å². The molecule has 1 aliphatic heterocycles. The lowest BCUT2D eigenvalue weighted by molar-refractivity contribution is -0.0139. The van der Waals surface area contributed by atoms with E-state index in [1.165, 1.54) is 0 Å². The van der Waals surface area contributed by atoms with Crippen molar-refractivity contribution in [2.45, 2.75) is 32.4 Å². The molecule has 1 heterocycles. The second kappa shape index (κ2) is 5.80. The van der Waals surface area contributed by atoms with Crippen molar-refractivity contribution in [2.75, 3.05) is 26.9 Å². The average Bonchev–Trinajstić information content (AvgIpc) is 2.38. The molecular weight excluding hydrogens is 242 g/mol. The highest BCUT2D eigenvalue weighted by atomic mass is 16.6. The van der Waals surface area contributed by atoms with Gasteiger partial charge in [-0.1, -0.05) is 6.07 Å². The lowest BCUT2D eigenvalue weighted by Crippen LogP contribution is -2.28. The first-order valence-electron chi connectivity index (χ1n) is 6.70. The van der Waals surface area contributed by atoms with Crippen molar-refractivity contribution in [3.8, 4) is 11.5 Å². The molecule has 0 radical (unpaired) electrons. The number of benzene rings is 1. The molecule has 0 aliphatic carbocycles. The standard InChI is InChI=1S/C15H23NO3/c1-15(2,3)19-10-12(16-4)11-5-6-13-14(9-11)18-8-7-17-13/h5-6,9,12,16H,7-8,10H2,1-4H3. The Morgan fingerprint density at radius 2 is 1.89 bits per heavy atom. The number of likely N-dealkylation sites (N-methyl/N-ethyl adjacent to an activating group) is 1. The van der Waals surface area contributed by atoms with Gasteiger partial charge in [-0.2, -0.15) is 0 Å². The fourth-order valence-corrected chi connectivity index (χ4v) is 1.96. The van der Waals surface area contributed by atoms with Crippen molar-refractivity contribution in [3.05, 3.63) is 23.8 Å². The molecule has 4 heteroatoms. The monoisotopic (exact) mass is 265 g/mol. The molecule has 4 nitrogen and oxygen atoms in total. The van der Waals surface area contributed by atoms with Gasteiger partial charge in [0.15, 0.2) is 11.5 Å². The van der Waals surface area contributed by atoms with Gasteiger partial charge >= 0.3 is 0 Å². The summed E-state index contributed by atoms with van der Waals surface area (Å²) in [6, 6.07) is 6.20. The number of rotatable bonds is 4. The Bertz CT molecular complexity index is 426. The van der Waals surface area contributed by atoms with Crippen LogP contribution in [0.4, 0.5) is 0 Å². The van der Waals surface area contributed by atoms with Gasteiger partial charge in [0.2, 0.25) is 0 Å². The molecule has 0 aromatic heterocycles. The lowest BCUT2D eigenvalue weighted by atomic mass is 10.1. The second-order valence-electron chi connectivity index (χ2n) is 5.67. The van der Waals surface area contributed by atoms with E-state index in [0.29, 0.717) is 19.8 Å². The summed E-state index contributed by atoms with van der Waals surface area (Å²) in [5.74, 6) is 1.64. The third-order valence-electron chi connectivity index (χ3n) is 3.00. The molecule has 0 bridgehead atoms. The van der Waals surface area contributed by atoms with Crippen LogP contribution in [0.3, 0.4) is 0 Å². The van der Waals surface area contributed by atoms with Crippen LogP contribution in [0.25, 0.3) is 0 Å². The largest absolute Gasteiger partial charge is 0.486 e. The molecule has 19 heavy (non-hydrogen) atoms. The second-order valence-corrected chi connectivity index (χ2v) is 5.67. The molecule has 2 rings (SSSR count). The van der Waals surface area contributed by atoms with E-state index in [4.69, 9.17) is 14.2 Å². The summed E-state index contributed by atoms with van der Waals surface area (Å²) in [4.78, 5) is 0. The van der Waals surface area contributed by atoms with E-state index >= 15 is 0 Å². The molecular formula is C15H23NO3. The zero-order chi connectivity index (χ0) is 13.9. The van der Waals surface area contributed by atoms with Gasteiger partial charge in [-0.05, 0) is 45.5 Å². The summed E-state index contributed by atoms with van der Waals surface area (Å²) < 4.78 is 17.0. The Balaban J connectivity index is 2.10. The number of nitrogens with one attached hydrogen (secondary N) is 1. The third kappa shape index (κ3) is 3.85. The van der Waals surface area contributed by atoms with Crippen LogP contribution in [0.1, 0.15) is 32.4 Å². The van der Waals surface area contributed by atoms with Crippen LogP contribution in [0, 0.1) is 0 Å². The van der Waals surface area contributed by atoms with Crippen LogP contribution < -0.4 is 14.8 Å². The van der Waals surface area contributed by atoms with E-state index < -0.39 is 0 Å². The summed E-state index contributed by atoms with van der Waals surface area (Å²) in [7, 11) is 1.94. The van der Waals surface area contributed by atoms with Crippen LogP contribution in [-0.2, 0) is 4.74 Å². The van der Waals surface area contributed by atoms with Crippen LogP contribution in [-0.4, -0.2) is 32.5 Å². The SMILES string of the molecule is CNC(COC(C)(C)C)c1ccc2c(c1)OCCO2. The molecule has 1 aromatic carbocycles. The zero-order valence-corrected chi connectivity index (χ0v) is 12.2. The first kappa shape index (κ1) is 14.2. The van der Waals surface area contributed by atoms with E-state index in [2.05, 4.69) is 32.2 Å². The molecule has 0 spiro atoms. The van der Waals surface area contributed by atoms with Gasteiger partial charge < -0.3 is 19.5 Å². The minimum absolute atomic E-state index is 0.136. The normalized spacial score (nSPS) is 16.2. The van der Waals surface area contributed by atoms with E-state index in [9.17, 15) is 0 Å². The number of hydrogen-bond donors (Lipinski definition) is 1. The minimum atomic E-state index is -0.136. The Labute approximate surface area is 115 Å². The number of ether oxygens (including phenoxy) is 3. The van der Waals surface area contributed by atoms with Crippen molar-refractivity contribution in [2.24, 2.45) is 0 Å². The molecule has 0 fully saturated rings. The van der Waals surface area contributed by atoms with Crippen LogP contribution >= 0.6 is 0 Å². The maximum Gasteiger partial charge on any atom is 0.161 e. The smallest absolute Gasteiger partial charge is 0.161 e. The predicted molar refractivity (Wildman–Crippen MR) is 74.9 cm³/mol. The number of fused-ring (bicyclic) bond motifs is 1. The minimum Gasteiger partial charge on any atom is -0.486 e. The van der Waals surface area contributed by atoms with Crippen molar-refractivity contribution < 1.29 is 14.2 Å². The molecule has 0 saturated carbocycles. The predicted octanol–water partition coefficient (Wildman–Crippen LogP) is 2.53. The van der Waals surface area contributed by atoms with E-state index in [-0.39, 0.29) is 11.6 Å². The van der Waals surface area contributed by atoms with Gasteiger partial charge in [0.25, 0.3) is 0 Å². The topological polar surface area (TPSA) is 39.7 Å². The average molecular weight is 265 g/mol. The fraction of sp³-hybridized carbons (Fsp3) is 0.600. The highest BCUT2D eigenvalue weighted by Crippen LogP contribution is 2.32. The Morgan fingerprint density at radius 3 is 2.53 bits per heavy atom. The van der Waals surface area contributed by atoms with Gasteiger partial charge in [0.05, 0.1) is 18.2 Å². The summed E-state index contributed by atoms with van der Waals surface area (Å²) in [5.41, 5.74) is 1.01. The van der Waals surface area contributed by atoms with Crippen molar-refractivity contribution in [1.82, 2.24) is 5.32 Å². The van der Waals surface area contributed by atoms with E-state index in [0.717, 1.165) is 17.1 Å². The zero-order valence-electron chi connectivity index (χ0n) is 12.2. The first-order valence-corrected chi connectivity index (χ1v) is 6.70. The van der Waals surface area contributed by atoms with Gasteiger partial charge in [0, 0.05) is 0 Å². The maximum absolute atomic E-state index is 5.85. The fourth-order valence-electron chi connectivity index (χ4n) is 1.96.